The summed E-state index contributed by atoms with van der Waals surface area (Å²) in [5.41, 5.74) is 5.68. The first kappa shape index (κ1) is 15.7. The summed E-state index contributed by atoms with van der Waals surface area (Å²) in [5.74, 6) is 0.936. The first-order valence-electron chi connectivity index (χ1n) is 6.79. The summed E-state index contributed by atoms with van der Waals surface area (Å²) in [5, 5.41) is 2.89. The molecule has 1 aromatic rings. The van der Waals surface area contributed by atoms with E-state index >= 15 is 0 Å². The Hall–Kier alpha value is -1.68. The third-order valence-corrected chi connectivity index (χ3v) is 5.06. The van der Waals surface area contributed by atoms with Crippen molar-refractivity contribution in [3.05, 3.63) is 0 Å². The Bertz CT molecular complexity index is 584. The van der Waals surface area contributed by atoms with Gasteiger partial charge in [-0.15, -0.1) is 0 Å². The van der Waals surface area contributed by atoms with Crippen LogP contribution in [0.3, 0.4) is 0 Å². The molecule has 2 heterocycles. The van der Waals surface area contributed by atoms with Gasteiger partial charge in [-0.2, -0.15) is 15.0 Å². The molecule has 1 aromatic heterocycles. The fraction of sp³-hybridized carbons (Fsp3) is 0.727. The second-order valence-electron chi connectivity index (χ2n) is 5.04. The Balaban J connectivity index is 2.00. The first-order valence-corrected chi connectivity index (χ1v) is 8.40. The lowest BCUT2D eigenvalue weighted by atomic mass is 10.4. The SMILES string of the molecule is CN(C)S(=O)(=O)CCNc1nc(N)nc(N2CCCC2)n1. The summed E-state index contributed by atoms with van der Waals surface area (Å²) in [7, 11) is -0.243. The van der Waals surface area contributed by atoms with Crippen molar-refractivity contribution in [1.82, 2.24) is 19.3 Å². The number of nitrogens with one attached hydrogen (secondary N) is 1. The fourth-order valence-electron chi connectivity index (χ4n) is 1.99. The van der Waals surface area contributed by atoms with Crippen LogP contribution in [0.4, 0.5) is 17.8 Å². The number of nitrogens with two attached hydrogens (primary N) is 1. The predicted octanol–water partition coefficient (Wildman–Crippen LogP) is -0.643. The van der Waals surface area contributed by atoms with Gasteiger partial charge in [-0.25, -0.2) is 12.7 Å². The first-order chi connectivity index (χ1) is 9.88. The van der Waals surface area contributed by atoms with Crippen molar-refractivity contribution in [2.75, 3.05) is 55.4 Å². The van der Waals surface area contributed by atoms with E-state index in [1.165, 1.54) is 18.4 Å². The van der Waals surface area contributed by atoms with Crippen LogP contribution in [-0.4, -0.2) is 67.2 Å². The second-order valence-corrected chi connectivity index (χ2v) is 7.34. The number of nitrogens with zero attached hydrogens (tertiary/aromatic N) is 5. The summed E-state index contributed by atoms with van der Waals surface area (Å²) in [6.07, 6.45) is 2.21. The van der Waals surface area contributed by atoms with Crippen LogP contribution in [0, 0.1) is 0 Å². The van der Waals surface area contributed by atoms with Gasteiger partial charge in [-0.3, -0.25) is 0 Å². The van der Waals surface area contributed by atoms with Gasteiger partial charge in [0.25, 0.3) is 0 Å². The minimum atomic E-state index is -3.25. The Morgan fingerprint density at radius 1 is 1.24 bits per heavy atom. The number of sulfonamides is 1. The Labute approximate surface area is 124 Å². The van der Waals surface area contributed by atoms with Gasteiger partial charge in [0.2, 0.25) is 27.9 Å². The zero-order valence-electron chi connectivity index (χ0n) is 12.3. The minimum absolute atomic E-state index is 0.0371. The highest BCUT2D eigenvalue weighted by molar-refractivity contribution is 7.89. The molecule has 0 bridgehead atoms. The number of hydrogen-bond donors (Lipinski definition) is 2. The molecule has 21 heavy (non-hydrogen) atoms. The maximum Gasteiger partial charge on any atom is 0.231 e. The number of anilines is 3. The van der Waals surface area contributed by atoms with Crippen molar-refractivity contribution in [2.45, 2.75) is 12.8 Å². The van der Waals surface area contributed by atoms with E-state index in [0.717, 1.165) is 25.9 Å². The molecule has 0 amide bonds. The van der Waals surface area contributed by atoms with Crippen LogP contribution >= 0.6 is 0 Å². The van der Waals surface area contributed by atoms with E-state index in [2.05, 4.69) is 20.3 Å². The van der Waals surface area contributed by atoms with Crippen LogP contribution in [0.2, 0.25) is 0 Å². The average Bonchev–Trinajstić information content (AvgIpc) is 2.91. The van der Waals surface area contributed by atoms with Gasteiger partial charge < -0.3 is 16.0 Å². The maximum atomic E-state index is 11.7. The van der Waals surface area contributed by atoms with E-state index in [9.17, 15) is 8.42 Å². The highest BCUT2D eigenvalue weighted by Gasteiger charge is 2.17. The Kier molecular flexibility index (Phi) is 4.78. The number of rotatable bonds is 6. The lowest BCUT2D eigenvalue weighted by molar-refractivity contribution is 0.521. The smallest absolute Gasteiger partial charge is 0.231 e. The van der Waals surface area contributed by atoms with Crippen molar-refractivity contribution < 1.29 is 8.42 Å². The molecule has 1 aliphatic rings. The molecule has 0 aliphatic carbocycles. The predicted molar refractivity (Wildman–Crippen MR) is 81.6 cm³/mol. The molecular weight excluding hydrogens is 294 g/mol. The molecule has 1 saturated heterocycles. The standard InChI is InChI=1S/C11H21N7O2S/c1-17(2)21(19,20)8-5-13-10-14-9(12)15-11(16-10)18-6-3-4-7-18/h3-8H2,1-2H3,(H3,12,13,14,15,16). The normalized spacial score (nSPS) is 15.7. The summed E-state index contributed by atoms with van der Waals surface area (Å²) in [4.78, 5) is 14.4. The van der Waals surface area contributed by atoms with Crippen molar-refractivity contribution in [1.29, 1.82) is 0 Å². The number of nitrogen functional groups attached to an aromatic ring is 1. The molecule has 2 rings (SSSR count). The topological polar surface area (TPSA) is 117 Å². The molecular formula is C11H21N7O2S. The van der Waals surface area contributed by atoms with Crippen molar-refractivity contribution >= 4 is 27.9 Å². The molecule has 0 spiro atoms. The lowest BCUT2D eigenvalue weighted by Gasteiger charge is -2.16. The van der Waals surface area contributed by atoms with E-state index in [-0.39, 0.29) is 18.2 Å². The molecule has 1 fully saturated rings. The van der Waals surface area contributed by atoms with E-state index < -0.39 is 10.0 Å². The quantitative estimate of drug-likeness (QED) is 0.711. The highest BCUT2D eigenvalue weighted by atomic mass is 32.2. The van der Waals surface area contributed by atoms with E-state index in [1.807, 2.05) is 4.90 Å². The highest BCUT2D eigenvalue weighted by Crippen LogP contribution is 2.17. The largest absolute Gasteiger partial charge is 0.368 e. The minimum Gasteiger partial charge on any atom is -0.368 e. The van der Waals surface area contributed by atoms with E-state index in [1.54, 1.807) is 0 Å². The van der Waals surface area contributed by atoms with Gasteiger partial charge in [0.05, 0.1) is 5.75 Å². The molecule has 118 valence electrons. The molecule has 9 nitrogen and oxygen atoms in total. The molecule has 0 radical (unpaired) electrons. The van der Waals surface area contributed by atoms with Gasteiger partial charge in [0, 0.05) is 33.7 Å². The fourth-order valence-corrected chi connectivity index (χ4v) is 2.72. The summed E-state index contributed by atoms with van der Waals surface area (Å²) >= 11 is 0. The molecule has 0 aromatic carbocycles. The van der Waals surface area contributed by atoms with Gasteiger partial charge >= 0.3 is 0 Å². The third-order valence-electron chi connectivity index (χ3n) is 3.23. The molecule has 10 heteroatoms. The monoisotopic (exact) mass is 315 g/mol. The average molecular weight is 315 g/mol. The zero-order chi connectivity index (χ0) is 15.5. The summed E-state index contributed by atoms with van der Waals surface area (Å²) in [6.45, 7) is 2.01. The van der Waals surface area contributed by atoms with Crippen LogP contribution in [-0.2, 0) is 10.0 Å². The molecule has 1 aliphatic heterocycles. The van der Waals surface area contributed by atoms with E-state index in [0.29, 0.717) is 11.9 Å². The van der Waals surface area contributed by atoms with E-state index in [4.69, 9.17) is 5.73 Å². The number of aromatic nitrogens is 3. The van der Waals surface area contributed by atoms with Crippen molar-refractivity contribution in [2.24, 2.45) is 0 Å². The molecule has 0 atom stereocenters. The maximum absolute atomic E-state index is 11.7. The zero-order valence-corrected chi connectivity index (χ0v) is 13.1. The van der Waals surface area contributed by atoms with Crippen molar-refractivity contribution in [3.8, 4) is 0 Å². The van der Waals surface area contributed by atoms with Gasteiger partial charge in [-0.1, -0.05) is 0 Å². The summed E-state index contributed by atoms with van der Waals surface area (Å²) < 4.78 is 24.5. The van der Waals surface area contributed by atoms with Gasteiger partial charge in [-0.05, 0) is 12.8 Å². The summed E-state index contributed by atoms with van der Waals surface area (Å²) in [6, 6.07) is 0. The van der Waals surface area contributed by atoms with Crippen LogP contribution < -0.4 is 16.0 Å². The molecule has 3 N–H and O–H groups in total. The molecule has 0 unspecified atom stereocenters. The van der Waals surface area contributed by atoms with Crippen LogP contribution in [0.5, 0.6) is 0 Å². The number of hydrogen-bond acceptors (Lipinski definition) is 8. The van der Waals surface area contributed by atoms with Gasteiger partial charge in [0.15, 0.2) is 0 Å². The van der Waals surface area contributed by atoms with Crippen LogP contribution in [0.15, 0.2) is 0 Å². The second kappa shape index (κ2) is 6.39. The van der Waals surface area contributed by atoms with Gasteiger partial charge in [0.1, 0.15) is 0 Å². The lowest BCUT2D eigenvalue weighted by Crippen LogP contribution is -2.29. The van der Waals surface area contributed by atoms with Crippen LogP contribution in [0.25, 0.3) is 0 Å². The Morgan fingerprint density at radius 2 is 1.90 bits per heavy atom. The molecule has 0 saturated carbocycles. The Morgan fingerprint density at radius 3 is 2.52 bits per heavy atom. The third kappa shape index (κ3) is 4.14. The van der Waals surface area contributed by atoms with Crippen molar-refractivity contribution in [3.63, 3.8) is 0 Å². The van der Waals surface area contributed by atoms with Crippen LogP contribution in [0.1, 0.15) is 12.8 Å².